The summed E-state index contributed by atoms with van der Waals surface area (Å²) < 4.78 is 17.9. The lowest BCUT2D eigenvalue weighted by Gasteiger charge is -2.25. The standard InChI is InChI=1S/C9H9FO2/c10-6-1-2-7-8(11)3-4-12-9(7)5-6/h1,5,7H,2-4H2. The Kier molecular flexibility index (Phi) is 1.71. The van der Waals surface area contributed by atoms with Crippen molar-refractivity contribution < 1.29 is 13.9 Å². The van der Waals surface area contributed by atoms with Crippen molar-refractivity contribution in [1.82, 2.24) is 0 Å². The summed E-state index contributed by atoms with van der Waals surface area (Å²) in [5.41, 5.74) is 0. The number of carbonyl (C=O) groups is 1. The summed E-state index contributed by atoms with van der Waals surface area (Å²) in [6, 6.07) is 0. The number of hydrogen-bond acceptors (Lipinski definition) is 2. The van der Waals surface area contributed by atoms with E-state index >= 15 is 0 Å². The largest absolute Gasteiger partial charge is 0.497 e. The summed E-state index contributed by atoms with van der Waals surface area (Å²) in [5.74, 6) is 0.164. The van der Waals surface area contributed by atoms with Gasteiger partial charge in [-0.2, -0.15) is 0 Å². The van der Waals surface area contributed by atoms with Gasteiger partial charge in [-0.15, -0.1) is 0 Å². The number of hydrogen-bond donors (Lipinski definition) is 0. The van der Waals surface area contributed by atoms with E-state index in [9.17, 15) is 9.18 Å². The number of halogens is 1. The highest BCUT2D eigenvalue weighted by Gasteiger charge is 2.29. The van der Waals surface area contributed by atoms with E-state index in [0.717, 1.165) is 0 Å². The second kappa shape index (κ2) is 2.73. The summed E-state index contributed by atoms with van der Waals surface area (Å²) in [4.78, 5) is 11.3. The predicted molar refractivity (Wildman–Crippen MR) is 41.0 cm³/mol. The molecule has 2 nitrogen and oxygen atoms in total. The highest BCUT2D eigenvalue weighted by molar-refractivity contribution is 5.84. The lowest BCUT2D eigenvalue weighted by atomic mass is 9.90. The van der Waals surface area contributed by atoms with Gasteiger partial charge in [-0.05, 0) is 12.5 Å². The molecule has 0 aromatic rings. The molecule has 2 rings (SSSR count). The monoisotopic (exact) mass is 168 g/mol. The normalized spacial score (nSPS) is 28.4. The molecule has 1 aliphatic carbocycles. The summed E-state index contributed by atoms with van der Waals surface area (Å²) in [6.45, 7) is 0.397. The van der Waals surface area contributed by atoms with E-state index in [1.807, 2.05) is 0 Å². The molecule has 0 bridgehead atoms. The zero-order chi connectivity index (χ0) is 8.55. The van der Waals surface area contributed by atoms with Crippen LogP contribution < -0.4 is 0 Å². The van der Waals surface area contributed by atoms with Gasteiger partial charge in [0.2, 0.25) is 0 Å². The molecule has 1 aliphatic heterocycles. The number of carbonyl (C=O) groups excluding carboxylic acids is 1. The Balaban J connectivity index is 2.26. The number of fused-ring (bicyclic) bond motifs is 1. The van der Waals surface area contributed by atoms with E-state index in [-0.39, 0.29) is 17.5 Å². The van der Waals surface area contributed by atoms with Crippen LogP contribution in [0.2, 0.25) is 0 Å². The number of allylic oxidation sites excluding steroid dienone is 4. The Hall–Kier alpha value is -1.12. The molecule has 1 saturated heterocycles. The fraction of sp³-hybridized carbons (Fsp3) is 0.444. The van der Waals surface area contributed by atoms with E-state index in [0.29, 0.717) is 25.2 Å². The van der Waals surface area contributed by atoms with Gasteiger partial charge in [0, 0.05) is 12.5 Å². The molecule has 3 heteroatoms. The molecule has 1 unspecified atom stereocenters. The van der Waals surface area contributed by atoms with E-state index in [1.165, 1.54) is 12.2 Å². The highest BCUT2D eigenvalue weighted by atomic mass is 19.1. The quantitative estimate of drug-likeness (QED) is 0.550. The second-order valence-electron chi connectivity index (χ2n) is 2.99. The van der Waals surface area contributed by atoms with Crippen molar-refractivity contribution in [3.63, 3.8) is 0 Å². The van der Waals surface area contributed by atoms with Crippen LogP contribution in [0.4, 0.5) is 4.39 Å². The van der Waals surface area contributed by atoms with Crippen LogP contribution in [-0.4, -0.2) is 12.4 Å². The third-order valence-electron chi connectivity index (χ3n) is 2.18. The number of ether oxygens (including phenoxy) is 1. The van der Waals surface area contributed by atoms with Crippen molar-refractivity contribution in [3.8, 4) is 0 Å². The van der Waals surface area contributed by atoms with Crippen molar-refractivity contribution in [2.75, 3.05) is 6.61 Å². The van der Waals surface area contributed by atoms with Gasteiger partial charge in [-0.3, -0.25) is 4.79 Å². The van der Waals surface area contributed by atoms with Gasteiger partial charge in [0.25, 0.3) is 0 Å². The molecule has 0 radical (unpaired) electrons. The molecule has 2 aliphatic rings. The summed E-state index contributed by atoms with van der Waals surface area (Å²) in [6.07, 6.45) is 3.65. The van der Waals surface area contributed by atoms with Crippen LogP contribution in [-0.2, 0) is 9.53 Å². The summed E-state index contributed by atoms with van der Waals surface area (Å²) in [5, 5.41) is 0. The van der Waals surface area contributed by atoms with Gasteiger partial charge >= 0.3 is 0 Å². The third kappa shape index (κ3) is 1.15. The summed E-state index contributed by atoms with van der Waals surface area (Å²) in [7, 11) is 0. The third-order valence-corrected chi connectivity index (χ3v) is 2.18. The first-order valence-electron chi connectivity index (χ1n) is 4.00. The van der Waals surface area contributed by atoms with Gasteiger partial charge in [-0.1, -0.05) is 0 Å². The van der Waals surface area contributed by atoms with Crippen LogP contribution in [0.5, 0.6) is 0 Å². The van der Waals surface area contributed by atoms with Gasteiger partial charge in [0.15, 0.2) is 0 Å². The molecule has 0 aromatic heterocycles. The molecule has 1 atom stereocenters. The Morgan fingerprint density at radius 1 is 1.58 bits per heavy atom. The average molecular weight is 168 g/mol. The predicted octanol–water partition coefficient (Wildman–Crippen LogP) is 1.73. The second-order valence-corrected chi connectivity index (χ2v) is 2.99. The van der Waals surface area contributed by atoms with Crippen molar-refractivity contribution in [3.05, 3.63) is 23.7 Å². The molecule has 0 saturated carbocycles. The molecule has 0 amide bonds. The van der Waals surface area contributed by atoms with E-state index in [1.54, 1.807) is 0 Å². The average Bonchev–Trinajstić information content (AvgIpc) is 2.04. The van der Waals surface area contributed by atoms with Gasteiger partial charge < -0.3 is 4.74 Å². The fourth-order valence-electron chi connectivity index (χ4n) is 1.52. The topological polar surface area (TPSA) is 26.3 Å². The maximum absolute atomic E-state index is 12.7. The van der Waals surface area contributed by atoms with Crippen LogP contribution >= 0.6 is 0 Å². The van der Waals surface area contributed by atoms with Crippen molar-refractivity contribution in [2.24, 2.45) is 5.92 Å². The SMILES string of the molecule is O=C1CCOC2=CC(F)=CCC12. The number of rotatable bonds is 0. The molecule has 0 N–H and O–H groups in total. The van der Waals surface area contributed by atoms with E-state index < -0.39 is 0 Å². The molecule has 1 heterocycles. The van der Waals surface area contributed by atoms with Crippen molar-refractivity contribution in [1.29, 1.82) is 0 Å². The van der Waals surface area contributed by atoms with Crippen LogP contribution in [0.25, 0.3) is 0 Å². The van der Waals surface area contributed by atoms with Gasteiger partial charge in [0.1, 0.15) is 17.4 Å². The van der Waals surface area contributed by atoms with Crippen LogP contribution in [0, 0.1) is 5.92 Å². The van der Waals surface area contributed by atoms with E-state index in [2.05, 4.69) is 0 Å². The molecular weight excluding hydrogens is 159 g/mol. The lowest BCUT2D eigenvalue weighted by Crippen LogP contribution is -2.26. The van der Waals surface area contributed by atoms with Gasteiger partial charge in [-0.25, -0.2) is 4.39 Å². The lowest BCUT2D eigenvalue weighted by molar-refractivity contribution is -0.126. The number of ketones is 1. The Morgan fingerprint density at radius 3 is 3.25 bits per heavy atom. The molecule has 0 aromatic carbocycles. The maximum Gasteiger partial charge on any atom is 0.147 e. The number of Topliss-reactive ketones (excluding diaryl/α,β-unsaturated/α-hetero) is 1. The van der Waals surface area contributed by atoms with E-state index in [4.69, 9.17) is 4.74 Å². The Morgan fingerprint density at radius 2 is 2.42 bits per heavy atom. The minimum atomic E-state index is -0.295. The fourth-order valence-corrected chi connectivity index (χ4v) is 1.52. The van der Waals surface area contributed by atoms with Crippen LogP contribution in [0.15, 0.2) is 23.7 Å². The maximum atomic E-state index is 12.7. The smallest absolute Gasteiger partial charge is 0.147 e. The van der Waals surface area contributed by atoms with Crippen LogP contribution in [0.3, 0.4) is 0 Å². The molecule has 12 heavy (non-hydrogen) atoms. The van der Waals surface area contributed by atoms with Crippen molar-refractivity contribution >= 4 is 5.78 Å². The Labute approximate surface area is 69.7 Å². The van der Waals surface area contributed by atoms with Crippen LogP contribution in [0.1, 0.15) is 12.8 Å². The molecule has 64 valence electrons. The first-order chi connectivity index (χ1) is 5.77. The minimum absolute atomic E-state index is 0.163. The first-order valence-corrected chi connectivity index (χ1v) is 4.00. The molecule has 0 spiro atoms. The highest BCUT2D eigenvalue weighted by Crippen LogP contribution is 2.30. The Bertz CT molecular complexity index is 278. The van der Waals surface area contributed by atoms with Gasteiger partial charge in [0.05, 0.1) is 12.5 Å². The molecule has 1 fully saturated rings. The zero-order valence-corrected chi connectivity index (χ0v) is 6.55. The molecular formula is C9H9FO2. The summed E-state index contributed by atoms with van der Waals surface area (Å²) >= 11 is 0. The first kappa shape index (κ1) is 7.53. The minimum Gasteiger partial charge on any atom is -0.497 e. The van der Waals surface area contributed by atoms with Crippen molar-refractivity contribution in [2.45, 2.75) is 12.8 Å². The zero-order valence-electron chi connectivity index (χ0n) is 6.55.